The van der Waals surface area contributed by atoms with Crippen molar-refractivity contribution in [3.8, 4) is 0 Å². The number of Topliss-reactive ketones (excluding diaryl/α,β-unsaturated/α-hetero) is 1. The van der Waals surface area contributed by atoms with E-state index in [9.17, 15) is 4.79 Å². The van der Waals surface area contributed by atoms with Gasteiger partial charge in [-0.15, -0.1) is 0 Å². The molecular weight excluding hydrogens is 100 g/mol. The van der Waals surface area contributed by atoms with Gasteiger partial charge >= 0.3 is 0 Å². The lowest BCUT2D eigenvalue weighted by atomic mass is 10.1. The van der Waals surface area contributed by atoms with Gasteiger partial charge < -0.3 is 0 Å². The maximum Gasteiger partial charge on any atom is 0.138 e. The van der Waals surface area contributed by atoms with E-state index in [4.69, 9.17) is 0 Å². The molecule has 0 saturated heterocycles. The highest BCUT2D eigenvalue weighted by Crippen LogP contribution is 2.25. The Bertz CT molecular complexity index is 95.0. The van der Waals surface area contributed by atoms with Gasteiger partial charge in [-0.1, -0.05) is 13.8 Å². The first-order chi connectivity index (χ1) is 3.72. The molecule has 46 valence electrons. The molecule has 0 bridgehead atoms. The fourth-order valence-electron chi connectivity index (χ4n) is 1.27. The van der Waals surface area contributed by atoms with E-state index < -0.39 is 0 Å². The molecule has 0 amide bonds. The number of carbonyl (C=O) groups excluding carboxylic acids is 1. The summed E-state index contributed by atoms with van der Waals surface area (Å²) in [6.07, 6.45) is 2.22. The molecule has 1 aliphatic carbocycles. The van der Waals surface area contributed by atoms with Crippen LogP contribution in [0.25, 0.3) is 0 Å². The maximum absolute atomic E-state index is 10.9. The van der Waals surface area contributed by atoms with Crippen LogP contribution in [0.1, 0.15) is 26.7 Å². The van der Waals surface area contributed by atoms with Crippen molar-refractivity contribution in [1.29, 1.82) is 0 Å². The molecule has 1 nitrogen and oxygen atoms in total. The lowest BCUT2D eigenvalue weighted by Crippen LogP contribution is -2.07. The van der Waals surface area contributed by atoms with Crippen LogP contribution in [0.2, 0.25) is 0 Å². The summed E-state index contributed by atoms with van der Waals surface area (Å²) in [7, 11) is 0. The third-order valence-corrected chi connectivity index (χ3v) is 2.00. The van der Waals surface area contributed by atoms with Gasteiger partial charge in [0.25, 0.3) is 0 Å². The predicted molar refractivity (Wildman–Crippen MR) is 32.6 cm³/mol. The molecule has 1 unspecified atom stereocenters. The van der Waals surface area contributed by atoms with Crippen molar-refractivity contribution in [3.05, 3.63) is 0 Å². The van der Waals surface area contributed by atoms with Crippen molar-refractivity contribution in [2.45, 2.75) is 26.7 Å². The zero-order valence-corrected chi connectivity index (χ0v) is 5.48. The molecule has 0 heterocycles. The minimum Gasteiger partial charge on any atom is -0.299 e. The first-order valence-electron chi connectivity index (χ1n) is 3.25. The van der Waals surface area contributed by atoms with Crippen molar-refractivity contribution >= 4 is 5.78 Å². The summed E-state index contributed by atoms with van der Waals surface area (Å²) in [5.74, 6) is 1.17. The van der Waals surface area contributed by atoms with Gasteiger partial charge in [0.05, 0.1) is 0 Å². The molecule has 2 atom stereocenters. The van der Waals surface area contributed by atoms with Crippen molar-refractivity contribution in [1.82, 2.24) is 0 Å². The van der Waals surface area contributed by atoms with E-state index in [0.29, 0.717) is 17.6 Å². The zero-order valence-electron chi connectivity index (χ0n) is 5.48. The van der Waals surface area contributed by atoms with E-state index in [1.54, 1.807) is 0 Å². The van der Waals surface area contributed by atoms with Crippen LogP contribution < -0.4 is 0 Å². The van der Waals surface area contributed by atoms with Crippen molar-refractivity contribution < 1.29 is 4.79 Å². The molecule has 0 radical (unpaired) electrons. The fourth-order valence-corrected chi connectivity index (χ4v) is 1.27. The molecule has 0 aliphatic heterocycles. The highest BCUT2D eigenvalue weighted by atomic mass is 16.1. The third-order valence-electron chi connectivity index (χ3n) is 2.00. The van der Waals surface area contributed by atoms with Crippen LogP contribution in [0, 0.1) is 11.8 Å². The van der Waals surface area contributed by atoms with Gasteiger partial charge in [-0.05, 0) is 12.8 Å². The molecule has 1 saturated carbocycles. The summed E-state index contributed by atoms with van der Waals surface area (Å²) in [5.41, 5.74) is 0. The standard InChI is InChI=1S/C7H12O/c1-5-3-4-6(2)7(5)8/h5-6H,3-4H2,1-2H3/t5-,6?/m1/s1. The lowest BCUT2D eigenvalue weighted by molar-refractivity contribution is -0.122. The van der Waals surface area contributed by atoms with Gasteiger partial charge in [-0.3, -0.25) is 4.79 Å². The van der Waals surface area contributed by atoms with Crippen LogP contribution in [-0.4, -0.2) is 5.78 Å². The van der Waals surface area contributed by atoms with Crippen molar-refractivity contribution in [2.24, 2.45) is 11.8 Å². The second kappa shape index (κ2) is 1.88. The summed E-state index contributed by atoms with van der Waals surface area (Å²) in [4.78, 5) is 10.9. The number of hydrogen-bond donors (Lipinski definition) is 0. The number of hydrogen-bond acceptors (Lipinski definition) is 1. The van der Waals surface area contributed by atoms with Gasteiger partial charge in [0.2, 0.25) is 0 Å². The molecule has 8 heavy (non-hydrogen) atoms. The molecule has 1 rings (SSSR count). The van der Waals surface area contributed by atoms with E-state index >= 15 is 0 Å². The SMILES string of the molecule is CC1CC[C@@H](C)C1=O. The van der Waals surface area contributed by atoms with Crippen LogP contribution >= 0.6 is 0 Å². The normalized spacial score (nSPS) is 38.5. The fraction of sp³-hybridized carbons (Fsp3) is 0.857. The summed E-state index contributed by atoms with van der Waals surface area (Å²) in [6, 6.07) is 0. The highest BCUT2D eigenvalue weighted by Gasteiger charge is 2.26. The van der Waals surface area contributed by atoms with Crippen LogP contribution in [0.4, 0.5) is 0 Å². The second-order valence-electron chi connectivity index (χ2n) is 2.78. The monoisotopic (exact) mass is 112 g/mol. The molecule has 0 spiro atoms. The molecule has 1 heteroatoms. The first-order valence-corrected chi connectivity index (χ1v) is 3.25. The van der Waals surface area contributed by atoms with E-state index in [-0.39, 0.29) is 0 Å². The van der Waals surface area contributed by atoms with Crippen LogP contribution in [-0.2, 0) is 4.79 Å². The zero-order chi connectivity index (χ0) is 6.15. The smallest absolute Gasteiger partial charge is 0.138 e. The second-order valence-corrected chi connectivity index (χ2v) is 2.78. The topological polar surface area (TPSA) is 17.1 Å². The van der Waals surface area contributed by atoms with E-state index in [1.807, 2.05) is 13.8 Å². The number of ketones is 1. The van der Waals surface area contributed by atoms with Crippen molar-refractivity contribution in [3.63, 3.8) is 0 Å². The Morgan fingerprint density at radius 2 is 1.62 bits per heavy atom. The average molecular weight is 112 g/mol. The Balaban J connectivity index is 2.57. The molecule has 0 N–H and O–H groups in total. The van der Waals surface area contributed by atoms with E-state index in [1.165, 1.54) is 0 Å². The summed E-state index contributed by atoms with van der Waals surface area (Å²) in [6.45, 7) is 4.04. The van der Waals surface area contributed by atoms with Gasteiger partial charge in [-0.2, -0.15) is 0 Å². The van der Waals surface area contributed by atoms with E-state index in [0.717, 1.165) is 12.8 Å². The Hall–Kier alpha value is -0.330. The minimum atomic E-state index is 0.352. The Kier molecular flexibility index (Phi) is 1.37. The summed E-state index contributed by atoms with van der Waals surface area (Å²) >= 11 is 0. The minimum absolute atomic E-state index is 0.352. The maximum atomic E-state index is 10.9. The highest BCUT2D eigenvalue weighted by molar-refractivity contribution is 5.84. The first kappa shape index (κ1) is 5.80. The van der Waals surface area contributed by atoms with Crippen LogP contribution in [0.3, 0.4) is 0 Å². The number of carbonyl (C=O) groups is 1. The Morgan fingerprint density at radius 1 is 1.25 bits per heavy atom. The third kappa shape index (κ3) is 0.770. The molecule has 0 aromatic rings. The molecule has 1 aliphatic rings. The molecule has 0 aromatic carbocycles. The molecule has 1 fully saturated rings. The lowest BCUT2D eigenvalue weighted by Gasteiger charge is -1.96. The Labute approximate surface area is 50.1 Å². The predicted octanol–water partition coefficient (Wildman–Crippen LogP) is 1.62. The van der Waals surface area contributed by atoms with Gasteiger partial charge in [0.1, 0.15) is 5.78 Å². The number of rotatable bonds is 0. The van der Waals surface area contributed by atoms with Gasteiger partial charge in [0.15, 0.2) is 0 Å². The van der Waals surface area contributed by atoms with Crippen LogP contribution in [0.15, 0.2) is 0 Å². The quantitative estimate of drug-likeness (QED) is 0.465. The van der Waals surface area contributed by atoms with Gasteiger partial charge in [0, 0.05) is 11.8 Å². The average Bonchev–Trinajstić information content (AvgIpc) is 1.98. The molecule has 0 aromatic heterocycles. The van der Waals surface area contributed by atoms with Crippen molar-refractivity contribution in [2.75, 3.05) is 0 Å². The van der Waals surface area contributed by atoms with E-state index in [2.05, 4.69) is 0 Å². The van der Waals surface area contributed by atoms with Gasteiger partial charge in [-0.25, -0.2) is 0 Å². The summed E-state index contributed by atoms with van der Waals surface area (Å²) in [5, 5.41) is 0. The Morgan fingerprint density at radius 3 is 1.75 bits per heavy atom. The van der Waals surface area contributed by atoms with Crippen LogP contribution in [0.5, 0.6) is 0 Å². The largest absolute Gasteiger partial charge is 0.299 e. The molecular formula is C7H12O. The summed E-state index contributed by atoms with van der Waals surface area (Å²) < 4.78 is 0.